The molecular formula is C24H23N3O6. The summed E-state index contributed by atoms with van der Waals surface area (Å²) in [6, 6.07) is 13.4. The van der Waals surface area contributed by atoms with Gasteiger partial charge in [0.2, 0.25) is 5.91 Å². The Bertz CT molecular complexity index is 1200. The van der Waals surface area contributed by atoms with E-state index in [2.05, 4.69) is 16.0 Å². The lowest BCUT2D eigenvalue weighted by atomic mass is 9.90. The number of hydrogen-bond acceptors (Lipinski definition) is 6. The Morgan fingerprint density at radius 3 is 2.58 bits per heavy atom. The molecule has 9 heteroatoms. The van der Waals surface area contributed by atoms with Gasteiger partial charge in [-0.3, -0.25) is 14.9 Å². The zero-order valence-electron chi connectivity index (χ0n) is 18.1. The van der Waals surface area contributed by atoms with Gasteiger partial charge in [-0.2, -0.15) is 0 Å². The molecule has 0 saturated carbocycles. The molecule has 0 unspecified atom stereocenters. The number of benzene rings is 2. The second-order valence-corrected chi connectivity index (χ2v) is 7.75. The second-order valence-electron chi connectivity index (χ2n) is 7.75. The highest BCUT2D eigenvalue weighted by molar-refractivity contribution is 5.73. The van der Waals surface area contributed by atoms with Gasteiger partial charge < -0.3 is 19.4 Å². The number of nitro groups is 1. The van der Waals surface area contributed by atoms with Gasteiger partial charge in [0, 0.05) is 43.9 Å². The maximum atomic E-state index is 12.1. The number of aryl methyl sites for hydroxylation is 2. The number of ether oxygens (including phenoxy) is 2. The van der Waals surface area contributed by atoms with E-state index in [0.717, 1.165) is 29.7 Å². The Hall–Kier alpha value is -4.14. The summed E-state index contributed by atoms with van der Waals surface area (Å²) in [7, 11) is 0. The Kier molecular flexibility index (Phi) is 6.39. The first-order valence-corrected chi connectivity index (χ1v) is 10.5. The molecule has 0 bridgehead atoms. The summed E-state index contributed by atoms with van der Waals surface area (Å²) in [6.07, 6.45) is 2.89. The molecule has 1 N–H and O–H groups in total. The Labute approximate surface area is 190 Å². The molecule has 0 spiro atoms. The van der Waals surface area contributed by atoms with E-state index in [1.54, 1.807) is 6.07 Å². The minimum atomic E-state index is -0.844. The molecule has 0 aliphatic heterocycles. The molecule has 0 radical (unpaired) electrons. The van der Waals surface area contributed by atoms with Gasteiger partial charge in [0.15, 0.2) is 0 Å². The molecule has 3 aromatic rings. The molecule has 0 saturated heterocycles. The fourth-order valence-electron chi connectivity index (χ4n) is 3.91. The predicted octanol–water partition coefficient (Wildman–Crippen LogP) is 4.01. The quantitative estimate of drug-likeness (QED) is 0.252. The van der Waals surface area contributed by atoms with Crippen LogP contribution in [0.15, 0.2) is 54.7 Å². The maximum Gasteiger partial charge on any atom is 0.514 e. The normalized spacial score (nSPS) is 11.8. The van der Waals surface area contributed by atoms with Gasteiger partial charge in [-0.05, 0) is 65.9 Å². The van der Waals surface area contributed by atoms with Crippen LogP contribution in [-0.4, -0.2) is 28.1 Å². The van der Waals surface area contributed by atoms with Crippen LogP contribution < -0.4 is 10.1 Å². The number of carbonyl (C=O) groups excluding carboxylic acids is 2. The molecular weight excluding hydrogens is 426 g/mol. The summed E-state index contributed by atoms with van der Waals surface area (Å²) in [4.78, 5) is 33.5. The summed E-state index contributed by atoms with van der Waals surface area (Å²) in [5, 5.41) is 13.5. The Morgan fingerprint density at radius 1 is 1.09 bits per heavy atom. The van der Waals surface area contributed by atoms with Crippen LogP contribution in [0.25, 0.3) is 11.3 Å². The molecule has 0 fully saturated rings. The van der Waals surface area contributed by atoms with Crippen molar-refractivity contribution in [2.75, 3.05) is 6.54 Å². The minimum absolute atomic E-state index is 0.0280. The number of carbonyl (C=O) groups is 2. The van der Waals surface area contributed by atoms with Crippen LogP contribution in [0.3, 0.4) is 0 Å². The van der Waals surface area contributed by atoms with E-state index in [9.17, 15) is 19.7 Å². The lowest BCUT2D eigenvalue weighted by Gasteiger charge is -2.20. The molecule has 1 aromatic heterocycles. The number of amides is 1. The average Bonchev–Trinajstić information content (AvgIpc) is 3.21. The van der Waals surface area contributed by atoms with Crippen molar-refractivity contribution in [3.8, 4) is 17.0 Å². The van der Waals surface area contributed by atoms with E-state index < -0.39 is 11.1 Å². The Morgan fingerprint density at radius 2 is 1.85 bits per heavy atom. The number of nitrogens with one attached hydrogen (secondary N) is 1. The standard InChI is InChI=1S/C24H23N3O6/c1-16(28)25-11-13-26-12-10-18-4-5-19-14-21(8-9-22(19)23(18)26)33-24(29)32-15-17-2-6-20(7-3-17)27(30)31/h2-3,6-10,12,14H,4-5,11,13,15H2,1H3,(H,25,28). The Balaban J connectivity index is 1.40. The van der Waals surface area contributed by atoms with Crippen molar-refractivity contribution in [1.82, 2.24) is 9.88 Å². The zero-order valence-corrected chi connectivity index (χ0v) is 18.1. The molecule has 1 aliphatic rings. The lowest BCUT2D eigenvalue weighted by molar-refractivity contribution is -0.384. The second kappa shape index (κ2) is 9.56. The number of hydrogen-bond donors (Lipinski definition) is 1. The molecule has 1 heterocycles. The summed E-state index contributed by atoms with van der Waals surface area (Å²) in [5.41, 5.74) is 5.11. The van der Waals surface area contributed by atoms with Gasteiger partial charge in [0.05, 0.1) is 10.6 Å². The van der Waals surface area contributed by atoms with Crippen LogP contribution in [0.4, 0.5) is 10.5 Å². The first-order chi connectivity index (χ1) is 15.9. The summed E-state index contributed by atoms with van der Waals surface area (Å²) in [6.45, 7) is 2.67. The van der Waals surface area contributed by atoms with Crippen LogP contribution in [0.5, 0.6) is 5.75 Å². The monoisotopic (exact) mass is 449 g/mol. The van der Waals surface area contributed by atoms with Crippen LogP contribution >= 0.6 is 0 Å². The molecule has 4 rings (SSSR count). The fraction of sp³-hybridized carbons (Fsp3) is 0.250. The van der Waals surface area contributed by atoms with Gasteiger partial charge >= 0.3 is 6.16 Å². The van der Waals surface area contributed by atoms with Gasteiger partial charge in [-0.15, -0.1) is 0 Å². The highest BCUT2D eigenvalue weighted by Gasteiger charge is 2.21. The maximum absolute atomic E-state index is 12.1. The molecule has 9 nitrogen and oxygen atoms in total. The van der Waals surface area contributed by atoms with Crippen LogP contribution in [0.1, 0.15) is 23.6 Å². The third-order valence-corrected chi connectivity index (χ3v) is 5.47. The molecule has 0 atom stereocenters. The van der Waals surface area contributed by atoms with Gasteiger partial charge in [-0.1, -0.05) is 0 Å². The minimum Gasteiger partial charge on any atom is -0.429 e. The number of non-ortho nitro benzene ring substituents is 1. The van der Waals surface area contributed by atoms with Gasteiger partial charge in [-0.25, -0.2) is 4.79 Å². The van der Waals surface area contributed by atoms with Gasteiger partial charge in [0.1, 0.15) is 12.4 Å². The van der Waals surface area contributed by atoms with Crippen molar-refractivity contribution >= 4 is 17.7 Å². The number of nitro benzene ring substituents is 1. The zero-order chi connectivity index (χ0) is 23.4. The van der Waals surface area contributed by atoms with Crippen LogP contribution in [0.2, 0.25) is 0 Å². The molecule has 33 heavy (non-hydrogen) atoms. The number of nitrogens with zero attached hydrogens (tertiary/aromatic N) is 2. The smallest absolute Gasteiger partial charge is 0.429 e. The summed E-state index contributed by atoms with van der Waals surface area (Å²) < 4.78 is 12.6. The average molecular weight is 449 g/mol. The van der Waals surface area contributed by atoms with Crippen molar-refractivity contribution in [3.63, 3.8) is 0 Å². The topological polar surface area (TPSA) is 113 Å². The number of aromatic nitrogens is 1. The van der Waals surface area contributed by atoms with E-state index >= 15 is 0 Å². The van der Waals surface area contributed by atoms with E-state index in [1.807, 2.05) is 18.3 Å². The van der Waals surface area contributed by atoms with Crippen LogP contribution in [0, 0.1) is 10.1 Å². The van der Waals surface area contributed by atoms with E-state index in [0.29, 0.717) is 24.4 Å². The first-order valence-electron chi connectivity index (χ1n) is 10.5. The molecule has 1 aliphatic carbocycles. The largest absolute Gasteiger partial charge is 0.514 e. The predicted molar refractivity (Wildman–Crippen MR) is 120 cm³/mol. The van der Waals surface area contributed by atoms with Crippen molar-refractivity contribution in [3.05, 3.63) is 81.5 Å². The fourth-order valence-corrected chi connectivity index (χ4v) is 3.91. The summed E-state index contributed by atoms with van der Waals surface area (Å²) in [5.74, 6) is 0.334. The van der Waals surface area contributed by atoms with E-state index in [4.69, 9.17) is 9.47 Å². The van der Waals surface area contributed by atoms with Crippen molar-refractivity contribution < 1.29 is 24.0 Å². The number of rotatable bonds is 7. The van der Waals surface area contributed by atoms with E-state index in [-0.39, 0.29) is 18.2 Å². The highest BCUT2D eigenvalue weighted by atomic mass is 16.7. The molecule has 170 valence electrons. The first kappa shape index (κ1) is 22.1. The molecule has 1 amide bonds. The summed E-state index contributed by atoms with van der Waals surface area (Å²) >= 11 is 0. The number of fused-ring (bicyclic) bond motifs is 3. The van der Waals surface area contributed by atoms with Crippen molar-refractivity contribution in [2.45, 2.75) is 32.9 Å². The lowest BCUT2D eigenvalue weighted by Crippen LogP contribution is -2.24. The third-order valence-electron chi connectivity index (χ3n) is 5.47. The SMILES string of the molecule is CC(=O)NCCn1ccc2c1-c1ccc(OC(=O)OCc3ccc([N+](=O)[O-])cc3)cc1CC2. The van der Waals surface area contributed by atoms with Crippen molar-refractivity contribution in [2.24, 2.45) is 0 Å². The third kappa shape index (κ3) is 5.20. The molecule has 2 aromatic carbocycles. The van der Waals surface area contributed by atoms with Crippen molar-refractivity contribution in [1.29, 1.82) is 0 Å². The van der Waals surface area contributed by atoms with Gasteiger partial charge in [0.25, 0.3) is 5.69 Å². The van der Waals surface area contributed by atoms with Crippen LogP contribution in [-0.2, 0) is 35.5 Å². The van der Waals surface area contributed by atoms with E-state index in [1.165, 1.54) is 36.8 Å². The highest BCUT2D eigenvalue weighted by Crippen LogP contribution is 2.36.